The molecule has 3 fully saturated rings. The fourth-order valence-electron chi connectivity index (χ4n) is 5.45. The lowest BCUT2D eigenvalue weighted by Crippen LogP contribution is -2.40. The summed E-state index contributed by atoms with van der Waals surface area (Å²) in [6.45, 7) is 2.28. The predicted octanol–water partition coefficient (Wildman–Crippen LogP) is 4.82. The van der Waals surface area contributed by atoms with Crippen LogP contribution in [0.3, 0.4) is 0 Å². The summed E-state index contributed by atoms with van der Waals surface area (Å²) in [6, 6.07) is 9.47. The third-order valence-corrected chi connectivity index (χ3v) is 6.48. The molecule has 3 saturated carbocycles. The Morgan fingerprint density at radius 2 is 2.00 bits per heavy atom. The highest BCUT2D eigenvalue weighted by molar-refractivity contribution is 6.30. The highest BCUT2D eigenvalue weighted by Crippen LogP contribution is 2.58. The van der Waals surface area contributed by atoms with E-state index in [0.717, 1.165) is 34.7 Å². The van der Waals surface area contributed by atoms with Crippen molar-refractivity contribution in [2.45, 2.75) is 51.1 Å². The molecular weight excluding hydrogens is 266 g/mol. The molecule has 6 unspecified atom stereocenters. The molecule has 2 heteroatoms. The maximum Gasteiger partial charge on any atom is 0.0409 e. The molecule has 1 nitrogen and oxygen atoms in total. The minimum Gasteiger partial charge on any atom is -0.307 e. The zero-order chi connectivity index (χ0) is 13.7. The molecule has 0 spiro atoms. The number of nitrogens with one attached hydrogen (secondary N) is 1. The minimum atomic E-state index is 0.415. The second kappa shape index (κ2) is 5.03. The Hall–Kier alpha value is -0.530. The van der Waals surface area contributed by atoms with Gasteiger partial charge in [0.2, 0.25) is 0 Å². The van der Waals surface area contributed by atoms with Crippen LogP contribution in [0.4, 0.5) is 0 Å². The Bertz CT molecular complexity index is 500. The lowest BCUT2D eigenvalue weighted by Gasteiger charge is -2.34. The molecule has 108 valence electrons. The van der Waals surface area contributed by atoms with Crippen LogP contribution in [-0.4, -0.2) is 6.04 Å². The largest absolute Gasteiger partial charge is 0.307 e. The third-order valence-electron chi connectivity index (χ3n) is 6.24. The van der Waals surface area contributed by atoms with E-state index in [0.29, 0.717) is 6.04 Å². The molecule has 20 heavy (non-hydrogen) atoms. The molecular formula is C18H24ClN. The van der Waals surface area contributed by atoms with Crippen molar-refractivity contribution >= 4 is 11.6 Å². The number of benzene rings is 1. The lowest BCUT2D eigenvalue weighted by atomic mass is 9.79. The van der Waals surface area contributed by atoms with Gasteiger partial charge in [-0.05, 0) is 74.0 Å². The highest BCUT2D eigenvalue weighted by Gasteiger charge is 2.53. The topological polar surface area (TPSA) is 12.0 Å². The summed E-state index contributed by atoms with van der Waals surface area (Å²) in [4.78, 5) is 0. The Morgan fingerprint density at radius 3 is 2.85 bits per heavy atom. The smallest absolute Gasteiger partial charge is 0.0409 e. The van der Waals surface area contributed by atoms with Crippen LogP contribution in [0, 0.1) is 23.7 Å². The van der Waals surface area contributed by atoms with E-state index in [-0.39, 0.29) is 0 Å². The van der Waals surface area contributed by atoms with Gasteiger partial charge >= 0.3 is 0 Å². The lowest BCUT2D eigenvalue weighted by molar-refractivity contribution is 0.200. The summed E-state index contributed by atoms with van der Waals surface area (Å²) >= 11 is 6.11. The molecule has 0 aromatic heterocycles. The predicted molar refractivity (Wildman–Crippen MR) is 83.8 cm³/mol. The Balaban J connectivity index is 1.45. The van der Waals surface area contributed by atoms with E-state index in [2.05, 4.69) is 30.4 Å². The number of fused-ring (bicyclic) bond motifs is 5. The van der Waals surface area contributed by atoms with Crippen LogP contribution in [0.2, 0.25) is 5.02 Å². The molecule has 0 heterocycles. The minimum absolute atomic E-state index is 0.415. The van der Waals surface area contributed by atoms with Gasteiger partial charge in [-0.25, -0.2) is 0 Å². The SMILES string of the molecule is CC(NC1CC2CC1C1CCCC21)c1cccc(Cl)c1. The van der Waals surface area contributed by atoms with Crippen LogP contribution in [0.15, 0.2) is 24.3 Å². The molecule has 0 radical (unpaired) electrons. The summed E-state index contributed by atoms with van der Waals surface area (Å²) in [5, 5.41) is 4.75. The Labute approximate surface area is 127 Å². The summed E-state index contributed by atoms with van der Waals surface area (Å²) in [5.41, 5.74) is 1.32. The quantitative estimate of drug-likeness (QED) is 0.841. The molecule has 3 aliphatic carbocycles. The van der Waals surface area contributed by atoms with Crippen LogP contribution in [0.1, 0.15) is 50.6 Å². The summed E-state index contributed by atoms with van der Waals surface area (Å²) < 4.78 is 0. The van der Waals surface area contributed by atoms with Gasteiger partial charge in [-0.3, -0.25) is 0 Å². The third kappa shape index (κ3) is 2.10. The van der Waals surface area contributed by atoms with E-state index < -0.39 is 0 Å². The van der Waals surface area contributed by atoms with E-state index >= 15 is 0 Å². The van der Waals surface area contributed by atoms with Crippen LogP contribution in [0.5, 0.6) is 0 Å². The van der Waals surface area contributed by atoms with E-state index in [1.807, 2.05) is 6.07 Å². The molecule has 1 N–H and O–H groups in total. The maximum absolute atomic E-state index is 6.11. The van der Waals surface area contributed by atoms with Crippen molar-refractivity contribution in [1.29, 1.82) is 0 Å². The first-order valence-corrected chi connectivity index (χ1v) is 8.61. The van der Waals surface area contributed by atoms with Crippen molar-refractivity contribution in [3.63, 3.8) is 0 Å². The Kier molecular flexibility index (Phi) is 3.31. The van der Waals surface area contributed by atoms with Crippen molar-refractivity contribution < 1.29 is 0 Å². The summed E-state index contributed by atoms with van der Waals surface area (Å²) in [5.74, 6) is 4.10. The van der Waals surface area contributed by atoms with Crippen molar-refractivity contribution in [2.75, 3.05) is 0 Å². The fraction of sp³-hybridized carbons (Fsp3) is 0.667. The average Bonchev–Trinajstić information content (AvgIpc) is 3.10. The van der Waals surface area contributed by atoms with Gasteiger partial charge in [-0.2, -0.15) is 0 Å². The first kappa shape index (κ1) is 13.2. The zero-order valence-electron chi connectivity index (χ0n) is 12.2. The number of hydrogen-bond acceptors (Lipinski definition) is 1. The first-order chi connectivity index (χ1) is 9.72. The van der Waals surface area contributed by atoms with Crippen LogP contribution >= 0.6 is 11.6 Å². The molecule has 6 atom stereocenters. The number of halogens is 1. The number of rotatable bonds is 3. The molecule has 0 saturated heterocycles. The monoisotopic (exact) mass is 289 g/mol. The first-order valence-electron chi connectivity index (χ1n) is 8.24. The van der Waals surface area contributed by atoms with Crippen LogP contribution in [0.25, 0.3) is 0 Å². The molecule has 1 aromatic carbocycles. The van der Waals surface area contributed by atoms with Gasteiger partial charge in [0.15, 0.2) is 0 Å². The summed E-state index contributed by atoms with van der Waals surface area (Å²) in [6.07, 6.45) is 7.41. The van der Waals surface area contributed by atoms with Crippen LogP contribution in [-0.2, 0) is 0 Å². The molecule has 0 aliphatic heterocycles. The van der Waals surface area contributed by atoms with Gasteiger partial charge in [0.1, 0.15) is 0 Å². The number of hydrogen-bond donors (Lipinski definition) is 1. The van der Waals surface area contributed by atoms with Gasteiger partial charge in [0, 0.05) is 17.1 Å². The normalized spacial score (nSPS) is 40.0. The van der Waals surface area contributed by atoms with Crippen molar-refractivity contribution in [3.05, 3.63) is 34.9 Å². The second-order valence-electron chi connectivity index (χ2n) is 7.20. The summed E-state index contributed by atoms with van der Waals surface area (Å²) in [7, 11) is 0. The molecule has 0 amide bonds. The van der Waals surface area contributed by atoms with E-state index in [9.17, 15) is 0 Å². The van der Waals surface area contributed by atoms with Crippen molar-refractivity contribution in [3.8, 4) is 0 Å². The van der Waals surface area contributed by atoms with Crippen molar-refractivity contribution in [1.82, 2.24) is 5.32 Å². The standard InChI is InChI=1S/C18H24ClN/c1-11(12-4-2-5-14(19)8-12)20-18-10-13-9-17(18)16-7-3-6-15(13)16/h2,4-5,8,11,13,15-18,20H,3,6-7,9-10H2,1H3. The molecule has 4 rings (SSSR count). The molecule has 3 aliphatic rings. The highest BCUT2D eigenvalue weighted by atomic mass is 35.5. The van der Waals surface area contributed by atoms with Gasteiger partial charge in [-0.1, -0.05) is 30.2 Å². The van der Waals surface area contributed by atoms with Crippen LogP contribution < -0.4 is 5.32 Å². The second-order valence-corrected chi connectivity index (χ2v) is 7.64. The van der Waals surface area contributed by atoms with E-state index in [4.69, 9.17) is 11.6 Å². The van der Waals surface area contributed by atoms with E-state index in [1.54, 1.807) is 0 Å². The zero-order valence-corrected chi connectivity index (χ0v) is 12.9. The van der Waals surface area contributed by atoms with E-state index in [1.165, 1.54) is 37.7 Å². The fourth-order valence-corrected chi connectivity index (χ4v) is 5.65. The Morgan fingerprint density at radius 1 is 1.15 bits per heavy atom. The molecule has 2 bridgehead atoms. The van der Waals surface area contributed by atoms with Gasteiger partial charge in [-0.15, -0.1) is 0 Å². The average molecular weight is 290 g/mol. The van der Waals surface area contributed by atoms with Crippen molar-refractivity contribution in [2.24, 2.45) is 23.7 Å². The van der Waals surface area contributed by atoms with Gasteiger partial charge < -0.3 is 5.32 Å². The molecule has 1 aromatic rings. The van der Waals surface area contributed by atoms with Gasteiger partial charge in [0.05, 0.1) is 0 Å². The maximum atomic E-state index is 6.11. The van der Waals surface area contributed by atoms with Gasteiger partial charge in [0.25, 0.3) is 0 Å².